The van der Waals surface area contributed by atoms with Crippen LogP contribution in [0.1, 0.15) is 30.5 Å². The Morgan fingerprint density at radius 3 is 3.24 bits per heavy atom. The number of rotatable bonds is 3. The Morgan fingerprint density at radius 2 is 2.53 bits per heavy atom. The first-order valence-corrected chi connectivity index (χ1v) is 6.04. The van der Waals surface area contributed by atoms with Crippen molar-refractivity contribution in [2.24, 2.45) is 0 Å². The van der Waals surface area contributed by atoms with Crippen LogP contribution in [0.15, 0.2) is 22.8 Å². The van der Waals surface area contributed by atoms with Crippen molar-refractivity contribution in [1.29, 1.82) is 0 Å². The number of hydrogen-bond donors (Lipinski definition) is 1. The van der Waals surface area contributed by atoms with Gasteiger partial charge in [-0.2, -0.15) is 5.10 Å². The van der Waals surface area contributed by atoms with Gasteiger partial charge in [0.15, 0.2) is 10.6 Å². The molecule has 0 bridgehead atoms. The van der Waals surface area contributed by atoms with E-state index in [2.05, 4.69) is 10.2 Å². The Balaban J connectivity index is 1.92. The third-order valence-electron chi connectivity index (χ3n) is 2.90. The third kappa shape index (κ3) is 2.05. The largest absolute Gasteiger partial charge is 0.467 e. The molecule has 0 unspecified atom stereocenters. The second-order valence-corrected chi connectivity index (χ2v) is 4.44. The fourth-order valence-electron chi connectivity index (χ4n) is 2.07. The maximum absolute atomic E-state index is 5.63. The van der Waals surface area contributed by atoms with E-state index in [1.807, 2.05) is 16.7 Å². The lowest BCUT2D eigenvalue weighted by Gasteiger charge is -2.10. The number of aromatic amines is 1. The molecular weight excluding hydrogens is 238 g/mol. The summed E-state index contributed by atoms with van der Waals surface area (Å²) in [7, 11) is 0. The summed E-state index contributed by atoms with van der Waals surface area (Å²) in [4.78, 5) is 0. The highest BCUT2D eigenvalue weighted by molar-refractivity contribution is 7.71. The quantitative estimate of drug-likeness (QED) is 0.851. The van der Waals surface area contributed by atoms with E-state index < -0.39 is 0 Å². The van der Waals surface area contributed by atoms with Crippen LogP contribution in [-0.2, 0) is 11.3 Å². The molecule has 17 heavy (non-hydrogen) atoms. The number of nitrogens with zero attached hydrogens (tertiary/aromatic N) is 2. The minimum atomic E-state index is 0.0536. The molecule has 1 aliphatic rings. The van der Waals surface area contributed by atoms with Crippen LogP contribution in [-0.4, -0.2) is 21.4 Å². The summed E-state index contributed by atoms with van der Waals surface area (Å²) in [6.07, 6.45) is 3.78. The average molecular weight is 251 g/mol. The maximum atomic E-state index is 5.63. The predicted molar refractivity (Wildman–Crippen MR) is 63.1 cm³/mol. The summed E-state index contributed by atoms with van der Waals surface area (Å²) in [6.45, 7) is 1.39. The molecule has 0 radical (unpaired) electrons. The average Bonchev–Trinajstić information content (AvgIpc) is 3.03. The third-order valence-corrected chi connectivity index (χ3v) is 3.21. The van der Waals surface area contributed by atoms with E-state index in [4.69, 9.17) is 21.4 Å². The van der Waals surface area contributed by atoms with Crippen LogP contribution < -0.4 is 0 Å². The molecule has 6 heteroatoms. The highest BCUT2D eigenvalue weighted by atomic mass is 32.1. The van der Waals surface area contributed by atoms with Gasteiger partial charge in [0.05, 0.1) is 12.8 Å². The Bertz CT molecular complexity index is 537. The predicted octanol–water partition coefficient (Wildman–Crippen LogP) is 2.43. The van der Waals surface area contributed by atoms with Crippen molar-refractivity contribution < 1.29 is 9.15 Å². The zero-order chi connectivity index (χ0) is 11.7. The van der Waals surface area contributed by atoms with Crippen molar-refractivity contribution >= 4 is 12.2 Å². The van der Waals surface area contributed by atoms with Crippen LogP contribution in [0.2, 0.25) is 0 Å². The minimum Gasteiger partial charge on any atom is -0.467 e. The molecule has 90 valence electrons. The van der Waals surface area contributed by atoms with Gasteiger partial charge >= 0.3 is 0 Å². The number of hydrogen-bond acceptors (Lipinski definition) is 4. The second kappa shape index (κ2) is 4.46. The number of nitrogens with one attached hydrogen (secondary N) is 1. The van der Waals surface area contributed by atoms with Crippen LogP contribution in [0.25, 0.3) is 0 Å². The molecule has 0 aromatic carbocycles. The van der Waals surface area contributed by atoms with Crippen molar-refractivity contribution in [3.05, 3.63) is 34.8 Å². The fourth-order valence-corrected chi connectivity index (χ4v) is 2.27. The first-order chi connectivity index (χ1) is 8.34. The smallest absolute Gasteiger partial charge is 0.195 e. The van der Waals surface area contributed by atoms with Crippen LogP contribution >= 0.6 is 12.2 Å². The SMILES string of the molecule is S=c1[nH]nc([C@@H]2CCCO2)n1Cc1ccco1. The van der Waals surface area contributed by atoms with Crippen LogP contribution in [0.3, 0.4) is 0 Å². The lowest BCUT2D eigenvalue weighted by atomic mass is 10.2. The van der Waals surface area contributed by atoms with Crippen molar-refractivity contribution in [2.75, 3.05) is 6.61 Å². The molecule has 2 aromatic heterocycles. The fraction of sp³-hybridized carbons (Fsp3) is 0.455. The van der Waals surface area contributed by atoms with Gasteiger partial charge in [-0.15, -0.1) is 0 Å². The second-order valence-electron chi connectivity index (χ2n) is 4.05. The Kier molecular flexibility index (Phi) is 2.82. The van der Waals surface area contributed by atoms with E-state index in [0.29, 0.717) is 11.3 Å². The van der Waals surface area contributed by atoms with E-state index in [0.717, 1.165) is 31.0 Å². The Morgan fingerprint density at radius 1 is 1.59 bits per heavy atom. The monoisotopic (exact) mass is 251 g/mol. The molecule has 0 amide bonds. The summed E-state index contributed by atoms with van der Waals surface area (Å²) in [6, 6.07) is 3.79. The molecule has 1 N–H and O–H groups in total. The van der Waals surface area contributed by atoms with Crippen LogP contribution in [0, 0.1) is 4.77 Å². The molecule has 3 heterocycles. The van der Waals surface area contributed by atoms with Gasteiger partial charge in [0.25, 0.3) is 0 Å². The first kappa shape index (κ1) is 10.7. The summed E-state index contributed by atoms with van der Waals surface area (Å²) in [5.74, 6) is 1.73. The van der Waals surface area contributed by atoms with Crippen molar-refractivity contribution in [1.82, 2.24) is 14.8 Å². The standard InChI is InChI=1S/C11H13N3O2S/c17-11-13-12-10(9-4-2-6-16-9)14(11)7-8-3-1-5-15-8/h1,3,5,9H,2,4,6-7H2,(H,13,17)/t9-/m0/s1. The Hall–Kier alpha value is -1.40. The number of ether oxygens (including phenoxy) is 1. The highest BCUT2D eigenvalue weighted by Gasteiger charge is 2.23. The molecule has 3 rings (SSSR count). The van der Waals surface area contributed by atoms with Crippen LogP contribution in [0.4, 0.5) is 0 Å². The molecule has 2 aromatic rings. The topological polar surface area (TPSA) is 56.0 Å². The summed E-state index contributed by atoms with van der Waals surface area (Å²) < 4.78 is 13.5. The van der Waals surface area contributed by atoms with Gasteiger partial charge in [0.2, 0.25) is 0 Å². The number of furan rings is 1. The van der Waals surface area contributed by atoms with Crippen molar-refractivity contribution in [3.63, 3.8) is 0 Å². The zero-order valence-corrected chi connectivity index (χ0v) is 10.1. The minimum absolute atomic E-state index is 0.0536. The van der Waals surface area contributed by atoms with E-state index >= 15 is 0 Å². The lowest BCUT2D eigenvalue weighted by molar-refractivity contribution is 0.102. The van der Waals surface area contributed by atoms with E-state index in [1.165, 1.54) is 0 Å². The van der Waals surface area contributed by atoms with E-state index in [-0.39, 0.29) is 6.10 Å². The van der Waals surface area contributed by atoms with E-state index in [9.17, 15) is 0 Å². The van der Waals surface area contributed by atoms with Crippen LogP contribution in [0.5, 0.6) is 0 Å². The van der Waals surface area contributed by atoms with Gasteiger partial charge in [-0.05, 0) is 37.2 Å². The van der Waals surface area contributed by atoms with Gasteiger partial charge in [-0.3, -0.25) is 9.67 Å². The van der Waals surface area contributed by atoms with Gasteiger partial charge in [-0.25, -0.2) is 0 Å². The molecule has 0 aliphatic carbocycles. The molecule has 1 saturated heterocycles. The Labute approximate surface area is 103 Å². The lowest BCUT2D eigenvalue weighted by Crippen LogP contribution is -2.09. The van der Waals surface area contributed by atoms with Gasteiger partial charge in [-0.1, -0.05) is 0 Å². The maximum Gasteiger partial charge on any atom is 0.195 e. The highest BCUT2D eigenvalue weighted by Crippen LogP contribution is 2.27. The summed E-state index contributed by atoms with van der Waals surface area (Å²) in [5, 5.41) is 7.08. The molecule has 5 nitrogen and oxygen atoms in total. The van der Waals surface area contributed by atoms with Gasteiger partial charge < -0.3 is 9.15 Å². The summed E-state index contributed by atoms with van der Waals surface area (Å²) >= 11 is 5.23. The number of H-pyrrole nitrogens is 1. The van der Waals surface area contributed by atoms with Crippen molar-refractivity contribution in [2.45, 2.75) is 25.5 Å². The van der Waals surface area contributed by atoms with Crippen molar-refractivity contribution in [3.8, 4) is 0 Å². The van der Waals surface area contributed by atoms with Gasteiger partial charge in [0, 0.05) is 6.61 Å². The molecule has 0 saturated carbocycles. The summed E-state index contributed by atoms with van der Waals surface area (Å²) in [5.41, 5.74) is 0. The number of aromatic nitrogens is 3. The molecular formula is C11H13N3O2S. The molecule has 1 atom stereocenters. The van der Waals surface area contributed by atoms with E-state index in [1.54, 1.807) is 6.26 Å². The normalized spacial score (nSPS) is 19.9. The molecule has 1 aliphatic heterocycles. The molecule has 1 fully saturated rings. The zero-order valence-electron chi connectivity index (χ0n) is 9.26. The molecule has 0 spiro atoms. The first-order valence-electron chi connectivity index (χ1n) is 5.63. The van der Waals surface area contributed by atoms with Gasteiger partial charge in [0.1, 0.15) is 11.9 Å².